The van der Waals surface area contributed by atoms with E-state index in [9.17, 15) is 8.42 Å². The van der Waals surface area contributed by atoms with Crippen molar-refractivity contribution in [2.24, 2.45) is 0 Å². The highest BCUT2D eigenvalue weighted by Crippen LogP contribution is 2.25. The Labute approximate surface area is 123 Å². The van der Waals surface area contributed by atoms with Crippen LogP contribution in [0.25, 0.3) is 5.65 Å². The third kappa shape index (κ3) is 2.61. The lowest BCUT2D eigenvalue weighted by Gasteiger charge is -2.33. The quantitative estimate of drug-likeness (QED) is 0.872. The fourth-order valence-electron chi connectivity index (χ4n) is 2.56. The summed E-state index contributed by atoms with van der Waals surface area (Å²) in [7, 11) is -3.76. The minimum Gasteiger partial charge on any atom is -0.381 e. The number of rotatable bonds is 3. The van der Waals surface area contributed by atoms with E-state index >= 15 is 0 Å². The van der Waals surface area contributed by atoms with Gasteiger partial charge in [0.15, 0.2) is 10.8 Å². The maximum atomic E-state index is 12.7. The van der Waals surface area contributed by atoms with Crippen molar-refractivity contribution in [2.75, 3.05) is 18.9 Å². The second-order valence-corrected chi connectivity index (χ2v) is 7.11. The summed E-state index contributed by atoms with van der Waals surface area (Å²) in [5.41, 5.74) is 5.79. The molecule has 0 amide bonds. The van der Waals surface area contributed by atoms with Crippen molar-refractivity contribution in [2.45, 2.75) is 30.3 Å². The molecule has 0 bridgehead atoms. The Morgan fingerprint density at radius 2 is 2.10 bits per heavy atom. The third-order valence-electron chi connectivity index (χ3n) is 3.74. The first-order valence-corrected chi connectivity index (χ1v) is 8.24. The molecule has 3 N–H and O–H groups in total. The highest BCUT2D eigenvalue weighted by molar-refractivity contribution is 7.89. The van der Waals surface area contributed by atoms with Crippen molar-refractivity contribution in [3.8, 4) is 0 Å². The molecular weight excluding hydrogens is 292 g/mol. The van der Waals surface area contributed by atoms with Crippen molar-refractivity contribution in [1.29, 1.82) is 0 Å². The Morgan fingerprint density at radius 1 is 1.38 bits per heavy atom. The predicted octanol–water partition coefficient (Wildman–Crippen LogP) is 0.764. The van der Waals surface area contributed by atoms with E-state index in [1.54, 1.807) is 24.4 Å². The van der Waals surface area contributed by atoms with E-state index in [0.717, 1.165) is 0 Å². The number of aromatic nitrogens is 2. The molecule has 3 heterocycles. The largest absolute Gasteiger partial charge is 0.381 e. The fourth-order valence-corrected chi connectivity index (χ4v) is 4.24. The summed E-state index contributed by atoms with van der Waals surface area (Å²) in [6.45, 7) is 2.97. The second kappa shape index (κ2) is 4.97. The highest BCUT2D eigenvalue weighted by Gasteiger charge is 2.35. The van der Waals surface area contributed by atoms with Gasteiger partial charge in [0.05, 0.1) is 0 Å². The molecule has 114 valence electrons. The van der Waals surface area contributed by atoms with Crippen molar-refractivity contribution < 1.29 is 13.2 Å². The molecule has 21 heavy (non-hydrogen) atoms. The van der Waals surface area contributed by atoms with E-state index in [1.807, 2.05) is 6.92 Å². The summed E-state index contributed by atoms with van der Waals surface area (Å²) >= 11 is 0. The molecule has 3 rings (SSSR count). The van der Waals surface area contributed by atoms with Crippen molar-refractivity contribution >= 4 is 21.5 Å². The number of nitrogens with one attached hydrogen (secondary N) is 1. The average molecular weight is 310 g/mol. The molecule has 1 saturated heterocycles. The van der Waals surface area contributed by atoms with Crippen LogP contribution in [0, 0.1) is 0 Å². The highest BCUT2D eigenvalue weighted by atomic mass is 32.2. The molecule has 0 unspecified atom stereocenters. The van der Waals surface area contributed by atoms with Gasteiger partial charge >= 0.3 is 0 Å². The van der Waals surface area contributed by atoms with Crippen LogP contribution in [0.5, 0.6) is 0 Å². The number of sulfonamides is 1. The smallest absolute Gasteiger partial charge is 0.260 e. The Bertz CT molecular complexity index is 763. The molecule has 0 aliphatic carbocycles. The van der Waals surface area contributed by atoms with E-state index in [1.165, 1.54) is 4.40 Å². The monoisotopic (exact) mass is 310 g/mol. The lowest BCUT2D eigenvalue weighted by atomic mass is 9.94. The van der Waals surface area contributed by atoms with Crippen LogP contribution in [0.1, 0.15) is 19.8 Å². The van der Waals surface area contributed by atoms with Gasteiger partial charge in [-0.2, -0.15) is 0 Å². The molecule has 1 aliphatic rings. The SMILES string of the molecule is CC1(NS(=O)(=O)c2c(N)nc3ccccn23)CCOCC1. The van der Waals surface area contributed by atoms with Crippen LogP contribution < -0.4 is 10.5 Å². The normalized spacial score (nSPS) is 18.9. The van der Waals surface area contributed by atoms with Crippen LogP contribution in [-0.4, -0.2) is 36.6 Å². The van der Waals surface area contributed by atoms with E-state index in [-0.39, 0.29) is 10.8 Å². The summed E-state index contributed by atoms with van der Waals surface area (Å²) in [6.07, 6.45) is 2.89. The molecule has 1 fully saturated rings. The molecule has 0 atom stereocenters. The molecule has 8 heteroatoms. The number of imidazole rings is 1. The Kier molecular flexibility index (Phi) is 3.39. The van der Waals surface area contributed by atoms with Crippen molar-refractivity contribution in [1.82, 2.24) is 14.1 Å². The minimum absolute atomic E-state index is 0.00404. The number of ether oxygens (including phenoxy) is 1. The van der Waals surface area contributed by atoms with Gasteiger partial charge in [-0.25, -0.2) is 18.1 Å². The lowest BCUT2D eigenvalue weighted by Crippen LogP contribution is -2.49. The first kappa shape index (κ1) is 14.3. The number of pyridine rings is 1. The van der Waals surface area contributed by atoms with Gasteiger partial charge in [0, 0.05) is 24.9 Å². The summed E-state index contributed by atoms with van der Waals surface area (Å²) < 4.78 is 34.9. The zero-order valence-electron chi connectivity index (χ0n) is 11.7. The van der Waals surface area contributed by atoms with Gasteiger partial charge < -0.3 is 10.5 Å². The van der Waals surface area contributed by atoms with E-state index < -0.39 is 15.6 Å². The van der Waals surface area contributed by atoms with Gasteiger partial charge in [-0.15, -0.1) is 0 Å². The minimum atomic E-state index is -3.76. The maximum Gasteiger partial charge on any atom is 0.260 e. The summed E-state index contributed by atoms with van der Waals surface area (Å²) in [5, 5.41) is -0.00850. The van der Waals surface area contributed by atoms with Crippen LogP contribution in [0.4, 0.5) is 5.82 Å². The van der Waals surface area contributed by atoms with Crippen molar-refractivity contribution in [3.63, 3.8) is 0 Å². The molecule has 0 saturated carbocycles. The number of hydrogen-bond donors (Lipinski definition) is 2. The van der Waals surface area contributed by atoms with Gasteiger partial charge in [-0.3, -0.25) is 4.40 Å². The number of hydrogen-bond acceptors (Lipinski definition) is 5. The van der Waals surface area contributed by atoms with Crippen LogP contribution >= 0.6 is 0 Å². The van der Waals surface area contributed by atoms with Crippen molar-refractivity contribution in [3.05, 3.63) is 24.4 Å². The van der Waals surface area contributed by atoms with Gasteiger partial charge in [0.2, 0.25) is 0 Å². The lowest BCUT2D eigenvalue weighted by molar-refractivity contribution is 0.0537. The number of nitrogens with zero attached hydrogens (tertiary/aromatic N) is 2. The Hall–Kier alpha value is -1.64. The molecule has 2 aromatic rings. The predicted molar refractivity (Wildman–Crippen MR) is 78.4 cm³/mol. The molecule has 1 aliphatic heterocycles. The van der Waals surface area contributed by atoms with Crippen LogP contribution in [0.2, 0.25) is 0 Å². The van der Waals surface area contributed by atoms with E-state index in [2.05, 4.69) is 9.71 Å². The number of nitrogen functional groups attached to an aromatic ring is 1. The summed E-state index contributed by atoms with van der Waals surface area (Å²) in [5.74, 6) is 0.00404. The van der Waals surface area contributed by atoms with E-state index in [0.29, 0.717) is 31.7 Å². The second-order valence-electron chi connectivity index (χ2n) is 5.51. The first-order valence-electron chi connectivity index (χ1n) is 6.76. The van der Waals surface area contributed by atoms with Crippen LogP contribution in [0.3, 0.4) is 0 Å². The summed E-state index contributed by atoms with van der Waals surface area (Å²) in [4.78, 5) is 4.09. The molecule has 0 radical (unpaired) electrons. The first-order chi connectivity index (χ1) is 9.91. The molecular formula is C13H18N4O3S. The van der Waals surface area contributed by atoms with Gasteiger partial charge in [0.1, 0.15) is 5.65 Å². The zero-order chi connectivity index (χ0) is 15.1. The topological polar surface area (TPSA) is 98.7 Å². The molecule has 2 aromatic heterocycles. The number of fused-ring (bicyclic) bond motifs is 1. The maximum absolute atomic E-state index is 12.7. The Balaban J connectivity index is 2.02. The number of anilines is 1. The van der Waals surface area contributed by atoms with Gasteiger partial charge in [-0.1, -0.05) is 6.07 Å². The van der Waals surface area contributed by atoms with Gasteiger partial charge in [0.25, 0.3) is 10.0 Å². The zero-order valence-corrected chi connectivity index (χ0v) is 12.6. The molecule has 7 nitrogen and oxygen atoms in total. The molecule has 0 spiro atoms. The van der Waals surface area contributed by atoms with Crippen LogP contribution in [0.15, 0.2) is 29.4 Å². The Morgan fingerprint density at radius 3 is 2.81 bits per heavy atom. The fraction of sp³-hybridized carbons (Fsp3) is 0.462. The standard InChI is InChI=1S/C13H18N4O3S/c1-13(5-8-20-9-6-13)16-21(18,19)12-11(14)15-10-4-2-3-7-17(10)12/h2-4,7,16H,5-6,8-9,14H2,1H3. The van der Waals surface area contributed by atoms with E-state index in [4.69, 9.17) is 10.5 Å². The van der Waals surface area contributed by atoms with Crippen LogP contribution in [-0.2, 0) is 14.8 Å². The number of nitrogens with two attached hydrogens (primary N) is 1. The summed E-state index contributed by atoms with van der Waals surface area (Å²) in [6, 6.07) is 5.24. The van der Waals surface area contributed by atoms with Gasteiger partial charge in [-0.05, 0) is 31.9 Å². The third-order valence-corrected chi connectivity index (χ3v) is 5.42. The molecule has 0 aromatic carbocycles. The average Bonchev–Trinajstić information content (AvgIpc) is 2.74.